The van der Waals surface area contributed by atoms with Crippen molar-refractivity contribution in [2.24, 2.45) is 11.7 Å². The maximum absolute atomic E-state index is 12.8. The van der Waals surface area contributed by atoms with E-state index in [-0.39, 0.29) is 17.6 Å². The Balaban J connectivity index is 2.09. The summed E-state index contributed by atoms with van der Waals surface area (Å²) in [6.45, 7) is 1.54. The number of rotatable bonds is 2. The van der Waals surface area contributed by atoms with Gasteiger partial charge in [-0.25, -0.2) is 4.39 Å². The Morgan fingerprint density at radius 1 is 1.38 bits per heavy atom. The molecule has 1 unspecified atom stereocenters. The highest BCUT2D eigenvalue weighted by Gasteiger charge is 2.23. The topological polar surface area (TPSA) is 46.3 Å². The lowest BCUT2D eigenvalue weighted by molar-refractivity contribution is -0.122. The fourth-order valence-electron chi connectivity index (χ4n) is 2.10. The first kappa shape index (κ1) is 10.9. The molecule has 1 aromatic carbocycles. The van der Waals surface area contributed by atoms with Crippen LogP contribution in [0.25, 0.3) is 0 Å². The number of nitrogens with two attached hydrogens (primary N) is 1. The quantitative estimate of drug-likeness (QED) is 0.824. The predicted molar refractivity (Wildman–Crippen MR) is 60.5 cm³/mol. The van der Waals surface area contributed by atoms with Crippen LogP contribution in [0.3, 0.4) is 0 Å². The number of benzene rings is 1. The molecule has 0 radical (unpaired) electrons. The molecule has 1 fully saturated rings. The molecular weight excluding hydrogens is 207 g/mol. The third-order valence-electron chi connectivity index (χ3n) is 3.02. The Morgan fingerprint density at radius 3 is 2.69 bits per heavy atom. The fraction of sp³-hybridized carbons (Fsp3) is 0.417. The van der Waals surface area contributed by atoms with E-state index in [4.69, 9.17) is 5.73 Å². The van der Waals surface area contributed by atoms with Gasteiger partial charge in [0.1, 0.15) is 5.82 Å². The number of hydrogen-bond acceptors (Lipinski definition) is 2. The highest BCUT2D eigenvalue weighted by Crippen LogP contribution is 2.23. The lowest BCUT2D eigenvalue weighted by Gasteiger charge is -2.32. The van der Waals surface area contributed by atoms with Gasteiger partial charge in [0.2, 0.25) is 5.91 Å². The summed E-state index contributed by atoms with van der Waals surface area (Å²) in [6, 6.07) is 6.34. The van der Waals surface area contributed by atoms with Crippen molar-refractivity contribution in [2.45, 2.75) is 12.8 Å². The molecule has 16 heavy (non-hydrogen) atoms. The van der Waals surface area contributed by atoms with Crippen LogP contribution in [-0.4, -0.2) is 19.0 Å². The molecular formula is C12H15FN2O. The smallest absolute Gasteiger partial charge is 0.222 e. The molecule has 0 saturated carbocycles. The number of amides is 1. The van der Waals surface area contributed by atoms with Gasteiger partial charge >= 0.3 is 0 Å². The number of anilines is 1. The summed E-state index contributed by atoms with van der Waals surface area (Å²) in [5, 5.41) is 0. The van der Waals surface area contributed by atoms with Crippen LogP contribution in [-0.2, 0) is 4.79 Å². The van der Waals surface area contributed by atoms with Gasteiger partial charge in [-0.15, -0.1) is 0 Å². The second-order valence-corrected chi connectivity index (χ2v) is 4.16. The third kappa shape index (κ3) is 2.32. The molecule has 0 spiro atoms. The van der Waals surface area contributed by atoms with E-state index in [1.54, 1.807) is 12.1 Å². The molecule has 86 valence electrons. The first-order chi connectivity index (χ1) is 7.66. The van der Waals surface area contributed by atoms with Crippen LogP contribution in [0.5, 0.6) is 0 Å². The molecule has 2 rings (SSSR count). The summed E-state index contributed by atoms with van der Waals surface area (Å²) in [5.41, 5.74) is 6.26. The predicted octanol–water partition coefficient (Wildman–Crippen LogP) is 1.53. The Labute approximate surface area is 94.0 Å². The van der Waals surface area contributed by atoms with Crippen LogP contribution in [0.15, 0.2) is 24.3 Å². The Hall–Kier alpha value is -1.58. The zero-order valence-electron chi connectivity index (χ0n) is 9.03. The summed E-state index contributed by atoms with van der Waals surface area (Å²) < 4.78 is 12.8. The van der Waals surface area contributed by atoms with Gasteiger partial charge < -0.3 is 10.6 Å². The number of halogens is 1. The molecule has 1 aliphatic heterocycles. The number of carbonyl (C=O) groups is 1. The van der Waals surface area contributed by atoms with Crippen molar-refractivity contribution in [3.63, 3.8) is 0 Å². The Morgan fingerprint density at radius 2 is 2.06 bits per heavy atom. The van der Waals surface area contributed by atoms with Crippen molar-refractivity contribution < 1.29 is 9.18 Å². The monoisotopic (exact) mass is 222 g/mol. The molecule has 1 saturated heterocycles. The molecule has 1 atom stereocenters. The number of primary amides is 1. The first-order valence-corrected chi connectivity index (χ1v) is 5.46. The SMILES string of the molecule is NC(=O)C1CCCN(c2ccc(F)cc2)C1. The van der Waals surface area contributed by atoms with Gasteiger partial charge in [0, 0.05) is 18.8 Å². The maximum atomic E-state index is 12.8. The number of carbonyl (C=O) groups excluding carboxylic acids is 1. The molecule has 1 aliphatic rings. The van der Waals surface area contributed by atoms with Gasteiger partial charge in [-0.05, 0) is 37.1 Å². The molecule has 1 heterocycles. The van der Waals surface area contributed by atoms with Crippen molar-refractivity contribution in [3.05, 3.63) is 30.1 Å². The highest BCUT2D eigenvalue weighted by atomic mass is 19.1. The lowest BCUT2D eigenvalue weighted by atomic mass is 9.97. The Kier molecular flexibility index (Phi) is 3.08. The maximum Gasteiger partial charge on any atom is 0.222 e. The van der Waals surface area contributed by atoms with Crippen LogP contribution in [0.1, 0.15) is 12.8 Å². The van der Waals surface area contributed by atoms with Crippen molar-refractivity contribution in [1.82, 2.24) is 0 Å². The van der Waals surface area contributed by atoms with E-state index in [1.165, 1.54) is 12.1 Å². The summed E-state index contributed by atoms with van der Waals surface area (Å²) in [7, 11) is 0. The van der Waals surface area contributed by atoms with Gasteiger partial charge in [0.25, 0.3) is 0 Å². The van der Waals surface area contributed by atoms with Crippen molar-refractivity contribution >= 4 is 11.6 Å². The largest absolute Gasteiger partial charge is 0.371 e. The van der Waals surface area contributed by atoms with Gasteiger partial charge in [-0.2, -0.15) is 0 Å². The average Bonchev–Trinajstić information content (AvgIpc) is 2.30. The van der Waals surface area contributed by atoms with Gasteiger partial charge in [-0.3, -0.25) is 4.79 Å². The third-order valence-corrected chi connectivity index (χ3v) is 3.02. The van der Waals surface area contributed by atoms with E-state index in [1.807, 2.05) is 0 Å². The average molecular weight is 222 g/mol. The van der Waals surface area contributed by atoms with Gasteiger partial charge in [0.05, 0.1) is 5.92 Å². The second kappa shape index (κ2) is 4.51. The summed E-state index contributed by atoms with van der Waals surface area (Å²) in [5.74, 6) is -0.571. The van der Waals surface area contributed by atoms with Crippen LogP contribution >= 0.6 is 0 Å². The molecule has 2 N–H and O–H groups in total. The van der Waals surface area contributed by atoms with Crippen molar-refractivity contribution in [1.29, 1.82) is 0 Å². The standard InChI is InChI=1S/C12H15FN2O/c13-10-3-5-11(6-4-10)15-7-1-2-9(8-15)12(14)16/h3-6,9H,1-2,7-8H2,(H2,14,16). The zero-order chi connectivity index (χ0) is 11.5. The summed E-state index contributed by atoms with van der Waals surface area (Å²) >= 11 is 0. The van der Waals surface area contributed by atoms with E-state index in [0.717, 1.165) is 25.1 Å². The molecule has 0 bridgehead atoms. The van der Waals surface area contributed by atoms with Crippen molar-refractivity contribution in [3.8, 4) is 0 Å². The van der Waals surface area contributed by atoms with Gasteiger partial charge in [0.15, 0.2) is 0 Å². The first-order valence-electron chi connectivity index (χ1n) is 5.46. The molecule has 1 aromatic rings. The summed E-state index contributed by atoms with van der Waals surface area (Å²) in [4.78, 5) is 13.2. The van der Waals surface area contributed by atoms with E-state index < -0.39 is 0 Å². The number of nitrogens with zero attached hydrogens (tertiary/aromatic N) is 1. The van der Waals surface area contributed by atoms with E-state index in [2.05, 4.69) is 4.90 Å². The normalized spacial score (nSPS) is 20.8. The van der Waals surface area contributed by atoms with E-state index in [0.29, 0.717) is 6.54 Å². The van der Waals surface area contributed by atoms with Crippen LogP contribution in [0, 0.1) is 11.7 Å². The van der Waals surface area contributed by atoms with Crippen molar-refractivity contribution in [2.75, 3.05) is 18.0 Å². The minimum Gasteiger partial charge on any atom is -0.371 e. The molecule has 0 aromatic heterocycles. The number of piperidine rings is 1. The number of hydrogen-bond donors (Lipinski definition) is 1. The van der Waals surface area contributed by atoms with Crippen LogP contribution in [0.2, 0.25) is 0 Å². The Bertz CT molecular complexity index is 377. The molecule has 1 amide bonds. The minimum atomic E-state index is -0.244. The summed E-state index contributed by atoms with van der Waals surface area (Å²) in [6.07, 6.45) is 1.80. The van der Waals surface area contributed by atoms with E-state index >= 15 is 0 Å². The van der Waals surface area contributed by atoms with Crippen LogP contribution < -0.4 is 10.6 Å². The molecule has 0 aliphatic carbocycles. The lowest BCUT2D eigenvalue weighted by Crippen LogP contribution is -2.41. The second-order valence-electron chi connectivity index (χ2n) is 4.16. The van der Waals surface area contributed by atoms with E-state index in [9.17, 15) is 9.18 Å². The zero-order valence-corrected chi connectivity index (χ0v) is 9.03. The minimum absolute atomic E-state index is 0.0844. The molecule has 3 nitrogen and oxygen atoms in total. The fourth-order valence-corrected chi connectivity index (χ4v) is 2.10. The highest BCUT2D eigenvalue weighted by molar-refractivity contribution is 5.77. The van der Waals surface area contributed by atoms with Crippen LogP contribution in [0.4, 0.5) is 10.1 Å². The molecule has 4 heteroatoms. The van der Waals surface area contributed by atoms with Gasteiger partial charge in [-0.1, -0.05) is 0 Å².